The summed E-state index contributed by atoms with van der Waals surface area (Å²) in [5.74, 6) is -1.15. The van der Waals surface area contributed by atoms with Crippen molar-refractivity contribution in [3.63, 3.8) is 0 Å². The molecule has 138 valence electrons. The van der Waals surface area contributed by atoms with Gasteiger partial charge in [0.05, 0.1) is 11.8 Å². The number of aryl methyl sites for hydroxylation is 2. The van der Waals surface area contributed by atoms with Gasteiger partial charge in [0, 0.05) is 31.8 Å². The Bertz CT molecular complexity index is 738. The average Bonchev–Trinajstić information content (AvgIpc) is 3.16. The van der Waals surface area contributed by atoms with Crippen molar-refractivity contribution < 1.29 is 19.1 Å². The number of amides is 3. The summed E-state index contributed by atoms with van der Waals surface area (Å²) in [6.07, 6.45) is 4.86. The van der Waals surface area contributed by atoms with Gasteiger partial charge in [-0.15, -0.1) is 0 Å². The van der Waals surface area contributed by atoms with E-state index in [4.69, 9.17) is 4.74 Å². The number of anilines is 2. The minimum atomic E-state index is -0.672. The molecule has 1 atom stereocenters. The van der Waals surface area contributed by atoms with Gasteiger partial charge in [0.25, 0.3) is 0 Å². The van der Waals surface area contributed by atoms with Crippen LogP contribution in [0.1, 0.15) is 36.8 Å². The van der Waals surface area contributed by atoms with Crippen molar-refractivity contribution in [2.45, 2.75) is 44.6 Å². The maximum absolute atomic E-state index is 12.2. The molecule has 3 amide bonds. The SMILES string of the molecule is O=C(NC[C@H]1CCCO1)C(=O)Nc1cc2c3c(c1)CCC(=O)N3CCC2. The van der Waals surface area contributed by atoms with E-state index in [9.17, 15) is 14.4 Å². The molecular weight excluding hydrogens is 334 g/mol. The summed E-state index contributed by atoms with van der Waals surface area (Å²) in [6, 6.07) is 3.77. The van der Waals surface area contributed by atoms with Crippen LogP contribution in [0.4, 0.5) is 11.4 Å². The molecule has 0 radical (unpaired) electrons. The van der Waals surface area contributed by atoms with Crippen LogP contribution in [-0.2, 0) is 32.0 Å². The van der Waals surface area contributed by atoms with E-state index in [2.05, 4.69) is 10.6 Å². The average molecular weight is 357 g/mol. The maximum atomic E-state index is 12.2. The maximum Gasteiger partial charge on any atom is 0.313 e. The van der Waals surface area contributed by atoms with Gasteiger partial charge in [-0.3, -0.25) is 14.4 Å². The molecule has 1 aromatic rings. The second-order valence-electron chi connectivity index (χ2n) is 7.09. The highest BCUT2D eigenvalue weighted by Crippen LogP contribution is 2.37. The normalized spacial score (nSPS) is 21.3. The Hall–Kier alpha value is -2.41. The van der Waals surface area contributed by atoms with Crippen LogP contribution in [0, 0.1) is 0 Å². The third-order valence-electron chi connectivity index (χ3n) is 5.25. The summed E-state index contributed by atoms with van der Waals surface area (Å²) in [7, 11) is 0. The molecule has 1 fully saturated rings. The number of nitrogens with one attached hydrogen (secondary N) is 2. The van der Waals surface area contributed by atoms with E-state index < -0.39 is 11.8 Å². The van der Waals surface area contributed by atoms with Gasteiger partial charge >= 0.3 is 11.8 Å². The number of ether oxygens (including phenoxy) is 1. The van der Waals surface area contributed by atoms with Crippen LogP contribution in [-0.4, -0.2) is 43.5 Å². The molecule has 0 spiro atoms. The van der Waals surface area contributed by atoms with E-state index in [-0.39, 0.29) is 12.0 Å². The Balaban J connectivity index is 1.44. The molecule has 1 saturated heterocycles. The molecule has 26 heavy (non-hydrogen) atoms. The smallest absolute Gasteiger partial charge is 0.313 e. The van der Waals surface area contributed by atoms with E-state index in [1.165, 1.54) is 0 Å². The second-order valence-corrected chi connectivity index (χ2v) is 7.09. The molecule has 7 heteroatoms. The Labute approximate surface area is 152 Å². The molecular formula is C19H23N3O4. The van der Waals surface area contributed by atoms with Gasteiger partial charge in [0.2, 0.25) is 5.91 Å². The highest BCUT2D eigenvalue weighted by Gasteiger charge is 2.30. The van der Waals surface area contributed by atoms with Gasteiger partial charge < -0.3 is 20.3 Å². The lowest BCUT2D eigenvalue weighted by atomic mass is 9.91. The molecule has 0 aliphatic carbocycles. The minimum Gasteiger partial charge on any atom is -0.376 e. The Morgan fingerprint density at radius 2 is 1.92 bits per heavy atom. The van der Waals surface area contributed by atoms with Crippen LogP contribution in [0.25, 0.3) is 0 Å². The van der Waals surface area contributed by atoms with Crippen LogP contribution in [0.3, 0.4) is 0 Å². The molecule has 3 aliphatic rings. The molecule has 3 heterocycles. The summed E-state index contributed by atoms with van der Waals surface area (Å²) >= 11 is 0. The number of hydrogen-bond donors (Lipinski definition) is 2. The number of hydrogen-bond acceptors (Lipinski definition) is 4. The number of carbonyl (C=O) groups is 3. The lowest BCUT2D eigenvalue weighted by Crippen LogP contribution is -2.40. The topological polar surface area (TPSA) is 87.7 Å². The first-order valence-electron chi connectivity index (χ1n) is 9.29. The van der Waals surface area contributed by atoms with Crippen LogP contribution in [0.2, 0.25) is 0 Å². The van der Waals surface area contributed by atoms with Gasteiger partial charge in [-0.1, -0.05) is 0 Å². The van der Waals surface area contributed by atoms with Crippen LogP contribution in [0.15, 0.2) is 12.1 Å². The molecule has 7 nitrogen and oxygen atoms in total. The number of benzene rings is 1. The van der Waals surface area contributed by atoms with Crippen molar-refractivity contribution in [1.82, 2.24) is 5.32 Å². The fraction of sp³-hybridized carbons (Fsp3) is 0.526. The van der Waals surface area contributed by atoms with Crippen molar-refractivity contribution in [2.24, 2.45) is 0 Å². The van der Waals surface area contributed by atoms with Crippen molar-refractivity contribution in [3.8, 4) is 0 Å². The Morgan fingerprint density at radius 1 is 1.12 bits per heavy atom. The van der Waals surface area contributed by atoms with Crippen LogP contribution in [0.5, 0.6) is 0 Å². The van der Waals surface area contributed by atoms with Crippen LogP contribution >= 0.6 is 0 Å². The van der Waals surface area contributed by atoms with E-state index in [1.54, 1.807) is 0 Å². The largest absolute Gasteiger partial charge is 0.376 e. The molecule has 4 rings (SSSR count). The van der Waals surface area contributed by atoms with E-state index in [0.29, 0.717) is 31.7 Å². The quantitative estimate of drug-likeness (QED) is 0.795. The van der Waals surface area contributed by atoms with Crippen molar-refractivity contribution in [3.05, 3.63) is 23.3 Å². The van der Waals surface area contributed by atoms with Crippen molar-refractivity contribution in [2.75, 3.05) is 29.9 Å². The first kappa shape index (κ1) is 17.0. The third kappa shape index (κ3) is 3.31. The summed E-state index contributed by atoms with van der Waals surface area (Å²) in [4.78, 5) is 38.2. The molecule has 0 aromatic heterocycles. The summed E-state index contributed by atoms with van der Waals surface area (Å²) in [5, 5.41) is 5.33. The van der Waals surface area contributed by atoms with Crippen LogP contribution < -0.4 is 15.5 Å². The molecule has 1 aromatic carbocycles. The van der Waals surface area contributed by atoms with Gasteiger partial charge in [0.15, 0.2) is 0 Å². The number of nitrogens with zero attached hydrogens (tertiary/aromatic N) is 1. The first-order chi connectivity index (χ1) is 12.6. The summed E-state index contributed by atoms with van der Waals surface area (Å²) in [6.45, 7) is 1.83. The molecule has 3 aliphatic heterocycles. The lowest BCUT2D eigenvalue weighted by Gasteiger charge is -2.35. The molecule has 0 saturated carbocycles. The summed E-state index contributed by atoms with van der Waals surface area (Å²) < 4.78 is 5.44. The number of carbonyl (C=O) groups excluding carboxylic acids is 3. The highest BCUT2D eigenvalue weighted by atomic mass is 16.5. The molecule has 0 bridgehead atoms. The highest BCUT2D eigenvalue weighted by molar-refractivity contribution is 6.39. The van der Waals surface area contributed by atoms with Crippen molar-refractivity contribution >= 4 is 29.1 Å². The van der Waals surface area contributed by atoms with Gasteiger partial charge in [0.1, 0.15) is 0 Å². The number of rotatable bonds is 3. The van der Waals surface area contributed by atoms with E-state index in [0.717, 1.165) is 49.0 Å². The molecule has 2 N–H and O–H groups in total. The fourth-order valence-electron chi connectivity index (χ4n) is 4.01. The first-order valence-corrected chi connectivity index (χ1v) is 9.29. The predicted molar refractivity (Wildman–Crippen MR) is 96.1 cm³/mol. The fourth-order valence-corrected chi connectivity index (χ4v) is 4.01. The zero-order valence-corrected chi connectivity index (χ0v) is 14.7. The van der Waals surface area contributed by atoms with Gasteiger partial charge in [-0.25, -0.2) is 0 Å². The van der Waals surface area contributed by atoms with Crippen molar-refractivity contribution in [1.29, 1.82) is 0 Å². The predicted octanol–water partition coefficient (Wildman–Crippen LogP) is 1.15. The Kier molecular flexibility index (Phi) is 4.63. The van der Waals surface area contributed by atoms with E-state index >= 15 is 0 Å². The summed E-state index contributed by atoms with van der Waals surface area (Å²) in [5.41, 5.74) is 3.76. The van der Waals surface area contributed by atoms with Gasteiger partial charge in [-0.05, 0) is 55.4 Å². The molecule has 0 unspecified atom stereocenters. The second kappa shape index (κ2) is 7.07. The van der Waals surface area contributed by atoms with Gasteiger partial charge in [-0.2, -0.15) is 0 Å². The minimum absolute atomic E-state index is 0.00322. The monoisotopic (exact) mass is 357 g/mol. The van der Waals surface area contributed by atoms with E-state index in [1.807, 2.05) is 17.0 Å². The lowest BCUT2D eigenvalue weighted by molar-refractivity contribution is -0.136. The zero-order valence-electron chi connectivity index (χ0n) is 14.7. The Morgan fingerprint density at radius 3 is 2.69 bits per heavy atom. The standard InChI is InChI=1S/C19H23N3O4/c23-16-6-5-13-10-14(9-12-3-1-7-22(16)17(12)13)21-19(25)18(24)20-11-15-4-2-8-26-15/h9-10,15H,1-8,11H2,(H,20,24)(H,21,25)/t15-/m1/s1. The zero-order chi connectivity index (χ0) is 18.1. The third-order valence-corrected chi connectivity index (χ3v) is 5.25.